The molecule has 1 rings (SSSR count). The first-order valence-electron chi connectivity index (χ1n) is 6.75. The minimum atomic E-state index is -1.64. The summed E-state index contributed by atoms with van der Waals surface area (Å²) in [7, 11) is 1.48. The maximum absolute atomic E-state index is 13.5. The number of carbonyl (C=O) groups is 2. The van der Waals surface area contributed by atoms with Crippen molar-refractivity contribution >= 4 is 17.5 Å². The summed E-state index contributed by atoms with van der Waals surface area (Å²) < 4.78 is 39.4. The van der Waals surface area contributed by atoms with Crippen LogP contribution in [0.4, 0.5) is 18.9 Å². The summed E-state index contributed by atoms with van der Waals surface area (Å²) in [6.45, 7) is 2.21. The minimum Gasteiger partial charge on any atom is -0.358 e. The Morgan fingerprint density at radius 3 is 2.32 bits per heavy atom. The van der Waals surface area contributed by atoms with Crippen molar-refractivity contribution in [3.63, 3.8) is 0 Å². The van der Waals surface area contributed by atoms with E-state index in [1.165, 1.54) is 7.05 Å². The van der Waals surface area contributed by atoms with E-state index >= 15 is 0 Å². The van der Waals surface area contributed by atoms with E-state index in [9.17, 15) is 22.8 Å². The summed E-state index contributed by atoms with van der Waals surface area (Å²) >= 11 is 0. The fraction of sp³-hybridized carbons (Fsp3) is 0.429. The Bertz CT molecular complexity index is 552. The monoisotopic (exact) mass is 317 g/mol. The van der Waals surface area contributed by atoms with Crippen molar-refractivity contribution in [2.75, 3.05) is 32.0 Å². The van der Waals surface area contributed by atoms with Gasteiger partial charge in [0.2, 0.25) is 11.8 Å². The number of nitrogens with zero attached hydrogens (tertiary/aromatic N) is 1. The number of halogens is 3. The van der Waals surface area contributed by atoms with Gasteiger partial charge in [-0.3, -0.25) is 14.5 Å². The van der Waals surface area contributed by atoms with Crippen LogP contribution in [0.25, 0.3) is 0 Å². The van der Waals surface area contributed by atoms with Crippen LogP contribution in [0.1, 0.15) is 13.3 Å². The number of carbonyl (C=O) groups excluding carboxylic acids is 2. The molecule has 0 aliphatic rings. The lowest BCUT2D eigenvalue weighted by Crippen LogP contribution is -2.40. The van der Waals surface area contributed by atoms with Gasteiger partial charge in [-0.2, -0.15) is 0 Å². The van der Waals surface area contributed by atoms with E-state index in [-0.39, 0.29) is 19.0 Å². The zero-order chi connectivity index (χ0) is 16.7. The van der Waals surface area contributed by atoms with Gasteiger partial charge in [0.1, 0.15) is 0 Å². The standard InChI is InChI=1S/C14H18F3N3O2/c1-3-6-20(7-11(21)18-2)8-12(22)19-10-5-4-9(15)13(16)14(10)17/h4-5H,3,6-8H2,1-2H3,(H,18,21)(H,19,22). The number of hydrogen-bond donors (Lipinski definition) is 2. The Balaban J connectivity index is 2.71. The van der Waals surface area contributed by atoms with E-state index in [4.69, 9.17) is 0 Å². The highest BCUT2D eigenvalue weighted by molar-refractivity contribution is 5.92. The second-order valence-corrected chi connectivity index (χ2v) is 4.65. The first kappa shape index (κ1) is 18.0. The average Bonchev–Trinajstić information content (AvgIpc) is 2.48. The van der Waals surface area contributed by atoms with Crippen molar-refractivity contribution in [1.82, 2.24) is 10.2 Å². The number of hydrogen-bond acceptors (Lipinski definition) is 3. The molecule has 0 saturated carbocycles. The minimum absolute atomic E-state index is 0.0119. The molecule has 8 heteroatoms. The van der Waals surface area contributed by atoms with Crippen molar-refractivity contribution in [3.05, 3.63) is 29.6 Å². The van der Waals surface area contributed by atoms with Crippen LogP contribution in [0, 0.1) is 17.5 Å². The highest BCUT2D eigenvalue weighted by Gasteiger charge is 2.17. The molecule has 1 aromatic carbocycles. The molecular formula is C14H18F3N3O2. The summed E-state index contributed by atoms with van der Waals surface area (Å²) in [5.41, 5.74) is -0.444. The normalized spacial score (nSPS) is 10.6. The number of likely N-dealkylation sites (N-methyl/N-ethyl adjacent to an activating group) is 1. The quantitative estimate of drug-likeness (QED) is 0.749. The van der Waals surface area contributed by atoms with Crippen molar-refractivity contribution < 1.29 is 22.8 Å². The second kappa shape index (κ2) is 8.38. The van der Waals surface area contributed by atoms with Crippen LogP contribution in [0.15, 0.2) is 12.1 Å². The lowest BCUT2D eigenvalue weighted by molar-refractivity contribution is -0.123. The summed E-state index contributed by atoms with van der Waals surface area (Å²) in [6.07, 6.45) is 0.712. The van der Waals surface area contributed by atoms with Gasteiger partial charge in [-0.25, -0.2) is 13.2 Å². The fourth-order valence-corrected chi connectivity index (χ4v) is 1.83. The fourth-order valence-electron chi connectivity index (χ4n) is 1.83. The zero-order valence-electron chi connectivity index (χ0n) is 12.4. The summed E-state index contributed by atoms with van der Waals surface area (Å²) in [4.78, 5) is 24.7. The highest BCUT2D eigenvalue weighted by atomic mass is 19.2. The summed E-state index contributed by atoms with van der Waals surface area (Å²) in [5, 5.41) is 4.60. The smallest absolute Gasteiger partial charge is 0.238 e. The van der Waals surface area contributed by atoms with Gasteiger partial charge >= 0.3 is 0 Å². The van der Waals surface area contributed by atoms with Crippen molar-refractivity contribution in [3.8, 4) is 0 Å². The van der Waals surface area contributed by atoms with Gasteiger partial charge in [-0.15, -0.1) is 0 Å². The molecule has 22 heavy (non-hydrogen) atoms. The highest BCUT2D eigenvalue weighted by Crippen LogP contribution is 2.19. The van der Waals surface area contributed by atoms with Gasteiger partial charge in [0.25, 0.3) is 0 Å². The first-order valence-corrected chi connectivity index (χ1v) is 6.75. The van der Waals surface area contributed by atoms with Crippen LogP contribution in [0.3, 0.4) is 0 Å². The second-order valence-electron chi connectivity index (χ2n) is 4.65. The largest absolute Gasteiger partial charge is 0.358 e. The van der Waals surface area contributed by atoms with Crippen molar-refractivity contribution in [2.24, 2.45) is 0 Å². The zero-order valence-corrected chi connectivity index (χ0v) is 12.4. The molecule has 0 heterocycles. The third-order valence-electron chi connectivity index (χ3n) is 2.86. The predicted molar refractivity (Wildman–Crippen MR) is 75.7 cm³/mol. The van der Waals surface area contributed by atoms with E-state index in [0.717, 1.165) is 12.1 Å². The van der Waals surface area contributed by atoms with Crippen molar-refractivity contribution in [2.45, 2.75) is 13.3 Å². The van der Waals surface area contributed by atoms with Gasteiger partial charge in [-0.05, 0) is 25.1 Å². The molecule has 0 fully saturated rings. The van der Waals surface area contributed by atoms with Gasteiger partial charge in [0.15, 0.2) is 17.5 Å². The van der Waals surface area contributed by atoms with Gasteiger partial charge in [-0.1, -0.05) is 6.92 Å². The first-order chi connectivity index (χ1) is 10.4. The molecule has 0 radical (unpaired) electrons. The number of amides is 2. The topological polar surface area (TPSA) is 61.4 Å². The van der Waals surface area contributed by atoms with E-state index in [2.05, 4.69) is 10.6 Å². The summed E-state index contributed by atoms with van der Waals surface area (Å²) in [5.74, 6) is -5.32. The molecule has 122 valence electrons. The van der Waals surface area contributed by atoms with Crippen LogP contribution >= 0.6 is 0 Å². The van der Waals surface area contributed by atoms with Crippen LogP contribution in [-0.4, -0.2) is 43.4 Å². The van der Waals surface area contributed by atoms with Crippen LogP contribution < -0.4 is 10.6 Å². The summed E-state index contributed by atoms with van der Waals surface area (Å²) in [6, 6.07) is 1.66. The molecular weight excluding hydrogens is 299 g/mol. The average molecular weight is 317 g/mol. The van der Waals surface area contributed by atoms with E-state index in [1.54, 1.807) is 4.90 Å². The molecule has 0 aromatic heterocycles. The molecule has 0 spiro atoms. The molecule has 2 amide bonds. The molecule has 2 N–H and O–H groups in total. The Morgan fingerprint density at radius 2 is 1.73 bits per heavy atom. The van der Waals surface area contributed by atoms with Crippen LogP contribution in [0.5, 0.6) is 0 Å². The van der Waals surface area contributed by atoms with E-state index < -0.39 is 29.0 Å². The lowest BCUT2D eigenvalue weighted by atomic mass is 10.2. The molecule has 0 bridgehead atoms. The van der Waals surface area contributed by atoms with Crippen LogP contribution in [-0.2, 0) is 9.59 Å². The van der Waals surface area contributed by atoms with Crippen LogP contribution in [0.2, 0.25) is 0 Å². The van der Waals surface area contributed by atoms with Crippen molar-refractivity contribution in [1.29, 1.82) is 0 Å². The Morgan fingerprint density at radius 1 is 1.09 bits per heavy atom. The third kappa shape index (κ3) is 5.03. The number of nitrogens with one attached hydrogen (secondary N) is 2. The number of anilines is 1. The Labute approximate surface area is 126 Å². The maximum Gasteiger partial charge on any atom is 0.238 e. The maximum atomic E-state index is 13.5. The molecule has 0 aliphatic heterocycles. The van der Waals surface area contributed by atoms with E-state index in [1.807, 2.05) is 6.92 Å². The number of benzene rings is 1. The SMILES string of the molecule is CCCN(CC(=O)NC)CC(=O)Nc1ccc(F)c(F)c1F. The molecule has 0 atom stereocenters. The molecule has 5 nitrogen and oxygen atoms in total. The molecule has 1 aromatic rings. The molecule has 0 aliphatic carbocycles. The molecule has 0 unspecified atom stereocenters. The number of rotatable bonds is 7. The molecule has 0 saturated heterocycles. The van der Waals surface area contributed by atoms with Gasteiger partial charge in [0, 0.05) is 7.05 Å². The Kier molecular flexibility index (Phi) is 6.84. The van der Waals surface area contributed by atoms with Gasteiger partial charge in [0.05, 0.1) is 18.8 Å². The lowest BCUT2D eigenvalue weighted by Gasteiger charge is -2.20. The Hall–Kier alpha value is -2.09. The third-order valence-corrected chi connectivity index (χ3v) is 2.86. The van der Waals surface area contributed by atoms with E-state index in [0.29, 0.717) is 13.0 Å². The predicted octanol–water partition coefficient (Wildman–Crippen LogP) is 1.50. The van der Waals surface area contributed by atoms with Gasteiger partial charge < -0.3 is 10.6 Å².